The van der Waals surface area contributed by atoms with E-state index in [1.165, 1.54) is 0 Å². The number of hydrogen-bond donors (Lipinski definition) is 0. The van der Waals surface area contributed by atoms with Gasteiger partial charge in [0.05, 0.1) is 7.11 Å². The zero-order chi connectivity index (χ0) is 9.90. The van der Waals surface area contributed by atoms with Crippen molar-refractivity contribution in [3.63, 3.8) is 0 Å². The molecule has 0 radical (unpaired) electrons. The average molecular weight is 180 g/mol. The first kappa shape index (κ1) is 9.96. The molecule has 0 amide bonds. The second-order valence-electron chi connectivity index (χ2n) is 3.70. The molecule has 0 N–H and O–H groups in total. The molecule has 0 saturated heterocycles. The molecule has 3 heteroatoms. The molecule has 0 saturated carbocycles. The van der Waals surface area contributed by atoms with E-state index in [2.05, 4.69) is 30.7 Å². The second kappa shape index (κ2) is 3.73. The van der Waals surface area contributed by atoms with Crippen molar-refractivity contribution in [1.29, 1.82) is 0 Å². The Bertz CT molecular complexity index is 267. The molecule has 0 fully saturated rings. The van der Waals surface area contributed by atoms with Crippen LogP contribution in [0.4, 0.5) is 0 Å². The smallest absolute Gasteiger partial charge is 0.316 e. The van der Waals surface area contributed by atoms with Gasteiger partial charge in [-0.1, -0.05) is 20.8 Å². The first-order chi connectivity index (χ1) is 6.10. The van der Waals surface area contributed by atoms with Crippen LogP contribution < -0.4 is 4.74 Å². The summed E-state index contributed by atoms with van der Waals surface area (Å²) in [6, 6.07) is 0.427. The predicted molar refractivity (Wildman–Crippen MR) is 51.9 cm³/mol. The molecule has 1 aromatic rings. The summed E-state index contributed by atoms with van der Waals surface area (Å²) in [4.78, 5) is 8.16. The van der Waals surface area contributed by atoms with E-state index in [0.717, 1.165) is 12.0 Å². The molecule has 0 atom stereocenters. The third-order valence-corrected chi connectivity index (χ3v) is 2.48. The van der Waals surface area contributed by atoms with Gasteiger partial charge in [0.1, 0.15) is 0 Å². The van der Waals surface area contributed by atoms with Gasteiger partial charge in [-0.3, -0.25) is 0 Å². The fourth-order valence-corrected chi connectivity index (χ4v) is 0.975. The molecule has 0 aliphatic carbocycles. The van der Waals surface area contributed by atoms with Crippen molar-refractivity contribution >= 4 is 0 Å². The largest absolute Gasteiger partial charge is 0.467 e. The van der Waals surface area contributed by atoms with Crippen molar-refractivity contribution < 1.29 is 4.74 Å². The van der Waals surface area contributed by atoms with E-state index in [1.807, 2.05) is 12.4 Å². The average Bonchev–Trinajstić information content (AvgIpc) is 2.18. The zero-order valence-corrected chi connectivity index (χ0v) is 8.66. The van der Waals surface area contributed by atoms with Gasteiger partial charge in [0, 0.05) is 12.4 Å². The lowest BCUT2D eigenvalue weighted by Crippen LogP contribution is -2.16. The van der Waals surface area contributed by atoms with Crippen LogP contribution in [0.2, 0.25) is 0 Å². The van der Waals surface area contributed by atoms with Crippen LogP contribution in [-0.4, -0.2) is 17.1 Å². The van der Waals surface area contributed by atoms with E-state index in [-0.39, 0.29) is 5.41 Å². The van der Waals surface area contributed by atoms with Crippen molar-refractivity contribution in [2.24, 2.45) is 0 Å². The Balaban J connectivity index is 2.92. The van der Waals surface area contributed by atoms with Crippen molar-refractivity contribution in [3.05, 3.63) is 18.0 Å². The van der Waals surface area contributed by atoms with E-state index in [0.29, 0.717) is 6.01 Å². The van der Waals surface area contributed by atoms with E-state index in [9.17, 15) is 0 Å². The quantitative estimate of drug-likeness (QED) is 0.715. The van der Waals surface area contributed by atoms with Crippen LogP contribution in [0.5, 0.6) is 6.01 Å². The fraction of sp³-hybridized carbons (Fsp3) is 0.600. The van der Waals surface area contributed by atoms with Crippen molar-refractivity contribution in [1.82, 2.24) is 9.97 Å². The standard InChI is InChI=1S/C10H16N2O/c1-5-10(2,3)8-6-11-9(13-4)12-7-8/h6-7H,5H2,1-4H3. The maximum absolute atomic E-state index is 4.89. The van der Waals surface area contributed by atoms with E-state index in [4.69, 9.17) is 4.74 Å². The highest BCUT2D eigenvalue weighted by Gasteiger charge is 2.18. The maximum Gasteiger partial charge on any atom is 0.316 e. The molecule has 1 aromatic heterocycles. The van der Waals surface area contributed by atoms with Crippen LogP contribution in [0.15, 0.2) is 12.4 Å². The monoisotopic (exact) mass is 180 g/mol. The zero-order valence-electron chi connectivity index (χ0n) is 8.66. The molecule has 1 heterocycles. The van der Waals surface area contributed by atoms with Gasteiger partial charge >= 0.3 is 6.01 Å². The Morgan fingerprint density at radius 3 is 2.23 bits per heavy atom. The van der Waals surface area contributed by atoms with Crippen LogP contribution >= 0.6 is 0 Å². The lowest BCUT2D eigenvalue weighted by atomic mass is 9.84. The van der Waals surface area contributed by atoms with Gasteiger partial charge in [0.15, 0.2) is 0 Å². The van der Waals surface area contributed by atoms with E-state index >= 15 is 0 Å². The molecular formula is C10H16N2O. The molecule has 0 aliphatic rings. The van der Waals surface area contributed by atoms with Crippen molar-refractivity contribution in [2.75, 3.05) is 7.11 Å². The van der Waals surface area contributed by atoms with Gasteiger partial charge < -0.3 is 4.74 Å². The summed E-state index contributed by atoms with van der Waals surface area (Å²) >= 11 is 0. The van der Waals surface area contributed by atoms with Gasteiger partial charge in [-0.2, -0.15) is 0 Å². The topological polar surface area (TPSA) is 35.0 Å². The highest BCUT2D eigenvalue weighted by molar-refractivity contribution is 5.17. The third-order valence-electron chi connectivity index (χ3n) is 2.48. The highest BCUT2D eigenvalue weighted by Crippen LogP contribution is 2.25. The molecule has 72 valence electrons. The molecular weight excluding hydrogens is 164 g/mol. The van der Waals surface area contributed by atoms with Crippen molar-refractivity contribution in [3.8, 4) is 6.01 Å². The summed E-state index contributed by atoms with van der Waals surface area (Å²) in [5, 5.41) is 0. The number of aromatic nitrogens is 2. The summed E-state index contributed by atoms with van der Waals surface area (Å²) in [5.41, 5.74) is 1.29. The number of nitrogens with zero attached hydrogens (tertiary/aromatic N) is 2. The Morgan fingerprint density at radius 2 is 1.85 bits per heavy atom. The fourth-order valence-electron chi connectivity index (χ4n) is 0.975. The SMILES string of the molecule is CCC(C)(C)c1cnc(OC)nc1. The normalized spacial score (nSPS) is 11.4. The summed E-state index contributed by atoms with van der Waals surface area (Å²) in [7, 11) is 1.57. The van der Waals surface area contributed by atoms with E-state index in [1.54, 1.807) is 7.11 Å². The lowest BCUT2D eigenvalue weighted by Gasteiger charge is -2.21. The van der Waals surface area contributed by atoms with Gasteiger partial charge in [-0.25, -0.2) is 9.97 Å². The molecule has 0 unspecified atom stereocenters. The molecule has 0 aliphatic heterocycles. The second-order valence-corrected chi connectivity index (χ2v) is 3.70. The van der Waals surface area contributed by atoms with Gasteiger partial charge in [-0.05, 0) is 17.4 Å². The summed E-state index contributed by atoms with van der Waals surface area (Å²) in [5.74, 6) is 0. The van der Waals surface area contributed by atoms with Crippen LogP contribution in [0, 0.1) is 0 Å². The number of ether oxygens (including phenoxy) is 1. The summed E-state index contributed by atoms with van der Waals surface area (Å²) in [6.45, 7) is 6.51. The van der Waals surface area contributed by atoms with Gasteiger partial charge in [-0.15, -0.1) is 0 Å². The Hall–Kier alpha value is -1.12. The Morgan fingerprint density at radius 1 is 1.31 bits per heavy atom. The Labute approximate surface area is 79.2 Å². The maximum atomic E-state index is 4.89. The van der Waals surface area contributed by atoms with Crippen molar-refractivity contribution in [2.45, 2.75) is 32.6 Å². The predicted octanol–water partition coefficient (Wildman–Crippen LogP) is 2.17. The summed E-state index contributed by atoms with van der Waals surface area (Å²) in [6.07, 6.45) is 4.73. The van der Waals surface area contributed by atoms with Gasteiger partial charge in [0.2, 0.25) is 0 Å². The third kappa shape index (κ3) is 2.17. The minimum absolute atomic E-state index is 0.145. The molecule has 13 heavy (non-hydrogen) atoms. The van der Waals surface area contributed by atoms with Crippen LogP contribution in [-0.2, 0) is 5.41 Å². The minimum atomic E-state index is 0.145. The molecule has 0 bridgehead atoms. The first-order valence-corrected chi connectivity index (χ1v) is 4.46. The number of rotatable bonds is 3. The lowest BCUT2D eigenvalue weighted by molar-refractivity contribution is 0.377. The van der Waals surface area contributed by atoms with Gasteiger partial charge in [0.25, 0.3) is 0 Å². The number of methoxy groups -OCH3 is 1. The first-order valence-electron chi connectivity index (χ1n) is 4.46. The van der Waals surface area contributed by atoms with E-state index < -0.39 is 0 Å². The van der Waals surface area contributed by atoms with Crippen LogP contribution in [0.1, 0.15) is 32.8 Å². The molecule has 0 spiro atoms. The number of hydrogen-bond acceptors (Lipinski definition) is 3. The molecule has 0 aromatic carbocycles. The highest BCUT2D eigenvalue weighted by atomic mass is 16.5. The van der Waals surface area contributed by atoms with Crippen LogP contribution in [0.3, 0.4) is 0 Å². The molecule has 1 rings (SSSR count). The minimum Gasteiger partial charge on any atom is -0.467 e. The summed E-state index contributed by atoms with van der Waals surface area (Å²) < 4.78 is 4.89. The van der Waals surface area contributed by atoms with Crippen LogP contribution in [0.25, 0.3) is 0 Å². The molecule has 3 nitrogen and oxygen atoms in total. The Kier molecular flexibility index (Phi) is 2.86.